The number of hydrogen-bond acceptors (Lipinski definition) is 5. The van der Waals surface area contributed by atoms with Crippen molar-refractivity contribution in [3.8, 4) is 11.5 Å². The topological polar surface area (TPSA) is 80.6 Å². The molecule has 2 heterocycles. The van der Waals surface area contributed by atoms with Gasteiger partial charge < -0.3 is 14.4 Å². The molecule has 158 valence electrons. The lowest BCUT2D eigenvalue weighted by atomic mass is 10.0. The number of ether oxygens (including phenoxy) is 2. The Morgan fingerprint density at radius 2 is 1.79 bits per heavy atom. The fourth-order valence-corrected chi connectivity index (χ4v) is 3.80. The molecule has 0 saturated carbocycles. The van der Waals surface area contributed by atoms with Crippen LogP contribution in [0.2, 0.25) is 0 Å². The van der Waals surface area contributed by atoms with Crippen molar-refractivity contribution >= 4 is 17.8 Å². The highest BCUT2D eigenvalue weighted by Gasteiger charge is 2.51. The number of methoxy groups -OCH3 is 2. The van der Waals surface area contributed by atoms with Crippen LogP contribution in [0.1, 0.15) is 24.4 Å². The van der Waals surface area contributed by atoms with E-state index in [9.17, 15) is 27.6 Å². The Bertz CT molecular complexity index is 829. The summed E-state index contributed by atoms with van der Waals surface area (Å²) < 4.78 is 48.6. The molecule has 2 saturated heterocycles. The summed E-state index contributed by atoms with van der Waals surface area (Å²) in [4.78, 5) is 37.7. The van der Waals surface area contributed by atoms with Crippen LogP contribution < -0.4 is 14.4 Å². The van der Waals surface area contributed by atoms with E-state index < -0.39 is 30.6 Å². The number of carbonyl (C=O) groups excluding carboxylic acids is 3. The first-order valence-electron chi connectivity index (χ1n) is 8.97. The van der Waals surface area contributed by atoms with E-state index in [1.165, 1.54) is 14.2 Å². The van der Waals surface area contributed by atoms with Gasteiger partial charge in [0.25, 0.3) is 0 Å². The van der Waals surface area contributed by atoms with Crippen LogP contribution in [0.15, 0.2) is 18.2 Å². The number of hydrogen-bond donors (Lipinski definition) is 1. The van der Waals surface area contributed by atoms with Gasteiger partial charge in [-0.05, 0) is 18.2 Å². The zero-order chi connectivity index (χ0) is 21.3. The second-order valence-corrected chi connectivity index (χ2v) is 6.89. The van der Waals surface area contributed by atoms with E-state index in [1.54, 1.807) is 18.2 Å². The molecule has 1 N–H and O–H groups in total. The number of carbonyl (C=O) groups is 3. The summed E-state index contributed by atoms with van der Waals surface area (Å²) in [6, 6.07) is 3.85. The Morgan fingerprint density at radius 3 is 2.41 bits per heavy atom. The number of urea groups is 1. The number of alkyl halides is 3. The van der Waals surface area contributed by atoms with Gasteiger partial charge in [0.2, 0.25) is 0 Å². The third-order valence-corrected chi connectivity index (χ3v) is 5.13. The average molecular weight is 416 g/mol. The molecule has 0 spiro atoms. The van der Waals surface area contributed by atoms with Gasteiger partial charge >= 0.3 is 24.0 Å². The van der Waals surface area contributed by atoms with Crippen molar-refractivity contribution in [3.05, 3.63) is 23.8 Å². The average Bonchev–Trinajstić information content (AvgIpc) is 3.21. The van der Waals surface area contributed by atoms with Crippen LogP contribution >= 0.6 is 0 Å². The Hall–Kier alpha value is -2.82. The van der Waals surface area contributed by atoms with Gasteiger partial charge in [-0.3, -0.25) is 9.59 Å². The highest BCUT2D eigenvalue weighted by atomic mass is 19.4. The van der Waals surface area contributed by atoms with Gasteiger partial charge in [-0.15, -0.1) is 0 Å². The number of imide groups is 2. The van der Waals surface area contributed by atoms with Crippen molar-refractivity contribution < 1.29 is 41.9 Å². The smallest absolute Gasteiger partial charge is 0.406 e. The maximum Gasteiger partial charge on any atom is 0.406 e. The molecule has 4 amide bonds. The number of benzene rings is 1. The quantitative estimate of drug-likeness (QED) is 0.547. The molecule has 0 radical (unpaired) electrons. The summed E-state index contributed by atoms with van der Waals surface area (Å²) in [6.45, 7) is -1.41. The van der Waals surface area contributed by atoms with Gasteiger partial charge in [0.1, 0.15) is 24.1 Å². The lowest BCUT2D eigenvalue weighted by Gasteiger charge is -2.26. The van der Waals surface area contributed by atoms with E-state index in [1.807, 2.05) is 0 Å². The molecule has 0 aliphatic carbocycles. The van der Waals surface area contributed by atoms with E-state index in [2.05, 4.69) is 0 Å². The number of amides is 4. The van der Waals surface area contributed by atoms with Crippen molar-refractivity contribution in [3.63, 3.8) is 0 Å². The fourth-order valence-electron chi connectivity index (χ4n) is 3.80. The summed E-state index contributed by atoms with van der Waals surface area (Å²) in [5.74, 6) is -1.49. The number of nitrogens with one attached hydrogen (secondary N) is 1. The van der Waals surface area contributed by atoms with Crippen LogP contribution in [-0.2, 0) is 9.59 Å². The first-order valence-corrected chi connectivity index (χ1v) is 8.97. The Labute approximate surface area is 164 Å². The predicted molar refractivity (Wildman–Crippen MR) is 92.2 cm³/mol. The molecule has 11 heteroatoms. The maximum atomic E-state index is 12.6. The minimum atomic E-state index is -4.78. The van der Waals surface area contributed by atoms with Crippen LogP contribution in [0, 0.1) is 0 Å². The second-order valence-electron chi connectivity index (χ2n) is 6.89. The van der Waals surface area contributed by atoms with Gasteiger partial charge in [0, 0.05) is 12.8 Å². The Kier molecular flexibility index (Phi) is 5.69. The molecule has 1 aromatic rings. The molecule has 0 bridgehead atoms. The number of nitrogens with zero attached hydrogens (tertiary/aromatic N) is 2. The van der Waals surface area contributed by atoms with E-state index in [-0.39, 0.29) is 17.6 Å². The van der Waals surface area contributed by atoms with Gasteiger partial charge in [0.05, 0.1) is 26.3 Å². The molecule has 2 aliphatic heterocycles. The van der Waals surface area contributed by atoms with Crippen LogP contribution in [0.3, 0.4) is 0 Å². The van der Waals surface area contributed by atoms with E-state index in [4.69, 9.17) is 9.47 Å². The van der Waals surface area contributed by atoms with E-state index in [0.717, 1.165) is 23.3 Å². The Balaban J connectivity index is 1.82. The molecule has 2 aliphatic rings. The third kappa shape index (κ3) is 4.14. The molecular formula is C18H21F3N3O5+. The van der Waals surface area contributed by atoms with Crippen LogP contribution in [0.5, 0.6) is 11.5 Å². The largest absolute Gasteiger partial charge is 0.497 e. The molecule has 8 nitrogen and oxygen atoms in total. The summed E-state index contributed by atoms with van der Waals surface area (Å²) in [5, 5.41) is 0. The summed E-state index contributed by atoms with van der Waals surface area (Å²) in [7, 11) is 3.04. The first kappa shape index (κ1) is 20.9. The molecule has 2 fully saturated rings. The summed E-state index contributed by atoms with van der Waals surface area (Å²) >= 11 is 0. The zero-order valence-corrected chi connectivity index (χ0v) is 15.9. The molecule has 1 aromatic carbocycles. The van der Waals surface area contributed by atoms with Gasteiger partial charge in [0.15, 0.2) is 6.67 Å². The SMILES string of the molecule is COc1ccc(OC)c([C@@H]2CCC[NH+]2CN2C(=O)C(=O)N(CC(F)(F)F)C2=O)c1. The number of rotatable bonds is 6. The summed E-state index contributed by atoms with van der Waals surface area (Å²) in [5.41, 5.74) is 0.803. The monoisotopic (exact) mass is 416 g/mol. The van der Waals surface area contributed by atoms with Crippen molar-refractivity contribution in [2.24, 2.45) is 0 Å². The summed E-state index contributed by atoms with van der Waals surface area (Å²) in [6.07, 6.45) is -3.29. The minimum absolute atomic E-state index is 0.0566. The second kappa shape index (κ2) is 7.90. The van der Waals surface area contributed by atoms with Gasteiger partial charge in [-0.25, -0.2) is 14.6 Å². The molecular weight excluding hydrogens is 395 g/mol. The van der Waals surface area contributed by atoms with Gasteiger partial charge in [-0.1, -0.05) is 0 Å². The molecule has 1 unspecified atom stereocenters. The number of halogens is 3. The lowest BCUT2D eigenvalue weighted by Crippen LogP contribution is -3.12. The number of likely N-dealkylation sites (tertiary alicyclic amines) is 1. The van der Waals surface area contributed by atoms with Crippen LogP contribution in [-0.4, -0.2) is 67.8 Å². The maximum absolute atomic E-state index is 12.6. The number of quaternary nitrogens is 1. The van der Waals surface area contributed by atoms with E-state index in [0.29, 0.717) is 22.9 Å². The molecule has 2 atom stereocenters. The highest BCUT2D eigenvalue weighted by Crippen LogP contribution is 2.32. The highest BCUT2D eigenvalue weighted by molar-refractivity contribution is 6.44. The van der Waals surface area contributed by atoms with Crippen molar-refractivity contribution in [1.29, 1.82) is 0 Å². The molecule has 3 rings (SSSR count). The normalized spacial score (nSPS) is 22.6. The fraction of sp³-hybridized carbons (Fsp3) is 0.500. The molecule has 29 heavy (non-hydrogen) atoms. The van der Waals surface area contributed by atoms with Crippen molar-refractivity contribution in [2.75, 3.05) is 34.0 Å². The van der Waals surface area contributed by atoms with Crippen molar-refractivity contribution in [1.82, 2.24) is 9.80 Å². The lowest BCUT2D eigenvalue weighted by molar-refractivity contribution is -0.925. The first-order chi connectivity index (χ1) is 13.7. The standard InChI is InChI=1S/C18H20F3N3O5/c1-28-11-5-6-14(29-2)12(8-11)13-4-3-7-22(13)10-24-16(26)15(25)23(17(24)27)9-18(19,20)21/h5-6,8,13H,3-4,7,9-10H2,1-2H3/p+1/t13-/m0/s1. The third-order valence-electron chi connectivity index (χ3n) is 5.13. The van der Waals surface area contributed by atoms with E-state index >= 15 is 0 Å². The van der Waals surface area contributed by atoms with Crippen molar-refractivity contribution in [2.45, 2.75) is 25.1 Å². The Morgan fingerprint density at radius 1 is 1.10 bits per heavy atom. The zero-order valence-electron chi connectivity index (χ0n) is 15.9. The minimum Gasteiger partial charge on any atom is -0.497 e. The van der Waals surface area contributed by atoms with Crippen LogP contribution in [0.4, 0.5) is 18.0 Å². The predicted octanol–water partition coefficient (Wildman–Crippen LogP) is 0.734. The van der Waals surface area contributed by atoms with Gasteiger partial charge in [-0.2, -0.15) is 13.2 Å². The molecule has 0 aromatic heterocycles. The van der Waals surface area contributed by atoms with Crippen LogP contribution in [0.25, 0.3) is 0 Å².